The molecule has 0 saturated carbocycles. The largest absolute Gasteiger partial charge is 0.385 e. The van der Waals surface area contributed by atoms with E-state index in [1.54, 1.807) is 7.11 Å². The van der Waals surface area contributed by atoms with E-state index in [9.17, 15) is 0 Å². The number of ether oxygens (including phenoxy) is 1. The fourth-order valence-electron chi connectivity index (χ4n) is 2.02. The van der Waals surface area contributed by atoms with Gasteiger partial charge >= 0.3 is 0 Å². The lowest BCUT2D eigenvalue weighted by Crippen LogP contribution is -2.19. The van der Waals surface area contributed by atoms with Crippen LogP contribution in [-0.4, -0.2) is 37.3 Å². The number of methoxy groups -OCH3 is 1. The van der Waals surface area contributed by atoms with Crippen molar-refractivity contribution in [3.8, 4) is 0 Å². The van der Waals surface area contributed by atoms with Crippen LogP contribution in [0.4, 0.5) is 11.6 Å². The maximum atomic E-state index is 5.06. The zero-order chi connectivity index (χ0) is 15.9. The van der Waals surface area contributed by atoms with E-state index in [-0.39, 0.29) is 5.41 Å². The maximum Gasteiger partial charge on any atom is 0.138 e. The molecule has 0 radical (unpaired) electrons. The van der Waals surface area contributed by atoms with E-state index in [1.165, 1.54) is 0 Å². The first-order valence-electron chi connectivity index (χ1n) is 7.69. The fourth-order valence-corrected chi connectivity index (χ4v) is 2.02. The highest BCUT2D eigenvalue weighted by Crippen LogP contribution is 2.26. The molecule has 0 atom stereocenters. The van der Waals surface area contributed by atoms with Crippen LogP contribution >= 0.6 is 0 Å². The van der Waals surface area contributed by atoms with E-state index in [4.69, 9.17) is 9.72 Å². The molecule has 0 aliphatic heterocycles. The molecule has 0 amide bonds. The Kier molecular flexibility index (Phi) is 6.89. The summed E-state index contributed by atoms with van der Waals surface area (Å²) in [6.45, 7) is 10.2. The van der Waals surface area contributed by atoms with Crippen LogP contribution in [0.15, 0.2) is 0 Å². The number of nitrogens with zero attached hydrogens (tertiary/aromatic N) is 2. The Morgan fingerprint density at radius 1 is 1.05 bits per heavy atom. The highest BCUT2D eigenvalue weighted by Gasteiger charge is 2.20. The summed E-state index contributed by atoms with van der Waals surface area (Å²) in [5, 5.41) is 6.60. The van der Waals surface area contributed by atoms with Crippen LogP contribution in [0.3, 0.4) is 0 Å². The van der Waals surface area contributed by atoms with Gasteiger partial charge in [0.15, 0.2) is 0 Å². The van der Waals surface area contributed by atoms with Gasteiger partial charge in [-0.2, -0.15) is 0 Å². The zero-order valence-corrected chi connectivity index (χ0v) is 14.3. The molecule has 5 heteroatoms. The van der Waals surface area contributed by atoms with Gasteiger partial charge in [0.2, 0.25) is 0 Å². The topological polar surface area (TPSA) is 59.1 Å². The SMILES string of the molecule is CNc1nc(C(C)(C)C)nc(NCCCCCOC)c1C. The van der Waals surface area contributed by atoms with Gasteiger partial charge < -0.3 is 15.4 Å². The predicted octanol–water partition coefficient (Wildman–Crippen LogP) is 3.35. The minimum atomic E-state index is -0.0613. The third-order valence-electron chi connectivity index (χ3n) is 3.37. The van der Waals surface area contributed by atoms with E-state index in [1.807, 2.05) is 14.0 Å². The Morgan fingerprint density at radius 2 is 1.71 bits per heavy atom. The van der Waals surface area contributed by atoms with Crippen molar-refractivity contribution in [1.82, 2.24) is 9.97 Å². The van der Waals surface area contributed by atoms with Crippen LogP contribution in [0.25, 0.3) is 0 Å². The molecular weight excluding hydrogens is 264 g/mol. The first-order valence-corrected chi connectivity index (χ1v) is 7.69. The number of unbranched alkanes of at least 4 members (excludes halogenated alkanes) is 2. The van der Waals surface area contributed by atoms with Crippen molar-refractivity contribution >= 4 is 11.6 Å². The first-order chi connectivity index (χ1) is 9.90. The lowest BCUT2D eigenvalue weighted by atomic mass is 9.95. The van der Waals surface area contributed by atoms with Gasteiger partial charge in [-0.1, -0.05) is 20.8 Å². The van der Waals surface area contributed by atoms with E-state index in [0.717, 1.165) is 55.4 Å². The minimum absolute atomic E-state index is 0.0613. The lowest BCUT2D eigenvalue weighted by molar-refractivity contribution is 0.192. The highest BCUT2D eigenvalue weighted by atomic mass is 16.5. The monoisotopic (exact) mass is 294 g/mol. The van der Waals surface area contributed by atoms with Crippen molar-refractivity contribution in [2.45, 2.75) is 52.4 Å². The first kappa shape index (κ1) is 17.7. The third-order valence-corrected chi connectivity index (χ3v) is 3.37. The molecule has 21 heavy (non-hydrogen) atoms. The van der Waals surface area contributed by atoms with Crippen LogP contribution in [0, 0.1) is 6.92 Å². The molecule has 0 bridgehead atoms. The quantitative estimate of drug-likeness (QED) is 0.720. The molecule has 1 aromatic rings. The number of nitrogens with one attached hydrogen (secondary N) is 2. The molecule has 1 heterocycles. The van der Waals surface area contributed by atoms with Gasteiger partial charge in [0.05, 0.1) is 0 Å². The second kappa shape index (κ2) is 8.17. The second-order valence-electron chi connectivity index (χ2n) is 6.35. The summed E-state index contributed by atoms with van der Waals surface area (Å²) in [5.74, 6) is 2.70. The molecule has 120 valence electrons. The van der Waals surface area contributed by atoms with Gasteiger partial charge in [0.1, 0.15) is 17.5 Å². The van der Waals surface area contributed by atoms with E-state index < -0.39 is 0 Å². The smallest absolute Gasteiger partial charge is 0.138 e. The summed E-state index contributed by atoms with van der Waals surface area (Å²) in [4.78, 5) is 9.31. The second-order valence-corrected chi connectivity index (χ2v) is 6.35. The van der Waals surface area contributed by atoms with Crippen molar-refractivity contribution in [3.05, 3.63) is 11.4 Å². The summed E-state index contributed by atoms with van der Waals surface area (Å²) in [7, 11) is 3.64. The van der Waals surface area contributed by atoms with E-state index >= 15 is 0 Å². The fraction of sp³-hybridized carbons (Fsp3) is 0.750. The summed E-state index contributed by atoms with van der Waals surface area (Å²) in [5.41, 5.74) is 1.01. The average Bonchev–Trinajstić information content (AvgIpc) is 2.43. The molecule has 0 unspecified atom stereocenters. The van der Waals surface area contributed by atoms with E-state index in [2.05, 4.69) is 36.4 Å². The third kappa shape index (κ3) is 5.50. The zero-order valence-electron chi connectivity index (χ0n) is 14.3. The summed E-state index contributed by atoms with van der Waals surface area (Å²) >= 11 is 0. The van der Waals surface area contributed by atoms with Crippen molar-refractivity contribution in [1.29, 1.82) is 0 Å². The summed E-state index contributed by atoms with van der Waals surface area (Å²) < 4.78 is 5.06. The van der Waals surface area contributed by atoms with Crippen LogP contribution in [0.2, 0.25) is 0 Å². The molecule has 0 fully saturated rings. The van der Waals surface area contributed by atoms with Gasteiger partial charge in [-0.25, -0.2) is 9.97 Å². The highest BCUT2D eigenvalue weighted by molar-refractivity contribution is 5.57. The van der Waals surface area contributed by atoms with E-state index in [0.29, 0.717) is 0 Å². The Morgan fingerprint density at radius 3 is 2.29 bits per heavy atom. The minimum Gasteiger partial charge on any atom is -0.385 e. The van der Waals surface area contributed by atoms with Crippen LogP contribution < -0.4 is 10.6 Å². The summed E-state index contributed by atoms with van der Waals surface area (Å²) in [6.07, 6.45) is 3.39. The average molecular weight is 294 g/mol. The molecule has 5 nitrogen and oxygen atoms in total. The number of hydrogen-bond donors (Lipinski definition) is 2. The van der Waals surface area contributed by atoms with Crippen molar-refractivity contribution in [2.24, 2.45) is 0 Å². The van der Waals surface area contributed by atoms with Crippen molar-refractivity contribution in [3.63, 3.8) is 0 Å². The Labute approximate surface area is 128 Å². The predicted molar refractivity (Wildman–Crippen MR) is 89.2 cm³/mol. The number of aromatic nitrogens is 2. The molecule has 1 aromatic heterocycles. The van der Waals surface area contributed by atoms with Crippen LogP contribution in [0.1, 0.15) is 51.4 Å². The molecule has 1 rings (SSSR count). The standard InChI is InChI=1S/C16H30N4O/c1-12-13(17-5)19-15(16(2,3)4)20-14(12)18-10-8-7-9-11-21-6/h7-11H2,1-6H3,(H2,17,18,19,20). The van der Waals surface area contributed by atoms with Crippen LogP contribution in [-0.2, 0) is 10.2 Å². The number of anilines is 2. The van der Waals surface area contributed by atoms with Crippen LogP contribution in [0.5, 0.6) is 0 Å². The van der Waals surface area contributed by atoms with Gasteiger partial charge in [-0.05, 0) is 26.2 Å². The Balaban J connectivity index is 2.72. The Hall–Kier alpha value is -1.36. The molecule has 0 spiro atoms. The molecule has 0 saturated heterocycles. The molecule has 0 aromatic carbocycles. The molecular formula is C16H30N4O. The van der Waals surface area contributed by atoms with Gasteiger partial charge in [0.25, 0.3) is 0 Å². The van der Waals surface area contributed by atoms with Gasteiger partial charge in [-0.15, -0.1) is 0 Å². The molecule has 0 aliphatic carbocycles. The molecule has 0 aliphatic rings. The van der Waals surface area contributed by atoms with Crippen molar-refractivity contribution in [2.75, 3.05) is 37.9 Å². The Bertz CT molecular complexity index is 441. The normalized spacial score (nSPS) is 11.5. The van der Waals surface area contributed by atoms with Crippen molar-refractivity contribution < 1.29 is 4.74 Å². The maximum absolute atomic E-state index is 5.06. The lowest BCUT2D eigenvalue weighted by Gasteiger charge is -2.20. The number of hydrogen-bond acceptors (Lipinski definition) is 5. The van der Waals surface area contributed by atoms with Gasteiger partial charge in [0, 0.05) is 38.3 Å². The molecule has 2 N–H and O–H groups in total. The van der Waals surface area contributed by atoms with Gasteiger partial charge in [-0.3, -0.25) is 0 Å². The number of rotatable bonds is 8. The summed E-state index contributed by atoms with van der Waals surface area (Å²) in [6, 6.07) is 0.